The maximum Gasteiger partial charge on any atom is 0.252 e. The average Bonchev–Trinajstić information content (AvgIpc) is 2.16. The fraction of sp³-hybridized carbons (Fsp3) is 0.500. The molecule has 3 N–H and O–H groups in total. The number of nitrogens with two attached hydrogens (primary N) is 1. The van der Waals surface area contributed by atoms with E-state index in [2.05, 4.69) is 18.8 Å². The SMILES string of the molecule is CCC(C)c1ccc(CN)c(=O)[nH]1. The molecule has 0 aliphatic heterocycles. The van der Waals surface area contributed by atoms with Crippen LogP contribution in [-0.2, 0) is 6.54 Å². The quantitative estimate of drug-likeness (QED) is 0.737. The summed E-state index contributed by atoms with van der Waals surface area (Å²) in [6.45, 7) is 4.49. The lowest BCUT2D eigenvalue weighted by atomic mass is 10.0. The van der Waals surface area contributed by atoms with Crippen molar-refractivity contribution in [1.82, 2.24) is 4.98 Å². The average molecular weight is 180 g/mol. The molecule has 1 unspecified atom stereocenters. The Balaban J connectivity index is 3.03. The van der Waals surface area contributed by atoms with Gasteiger partial charge in [0.2, 0.25) is 0 Å². The summed E-state index contributed by atoms with van der Waals surface area (Å²) < 4.78 is 0. The third kappa shape index (κ3) is 2.18. The topological polar surface area (TPSA) is 58.9 Å². The predicted octanol–water partition coefficient (Wildman–Crippen LogP) is 1.35. The van der Waals surface area contributed by atoms with E-state index in [1.54, 1.807) is 6.07 Å². The van der Waals surface area contributed by atoms with E-state index in [1.807, 2.05) is 6.07 Å². The number of hydrogen-bond acceptors (Lipinski definition) is 2. The molecular weight excluding hydrogens is 164 g/mol. The molecule has 0 radical (unpaired) electrons. The Morgan fingerprint density at radius 2 is 2.23 bits per heavy atom. The molecule has 3 nitrogen and oxygen atoms in total. The van der Waals surface area contributed by atoms with Crippen molar-refractivity contribution in [3.8, 4) is 0 Å². The van der Waals surface area contributed by atoms with Gasteiger partial charge in [0.15, 0.2) is 0 Å². The van der Waals surface area contributed by atoms with E-state index in [1.165, 1.54) is 0 Å². The maximum atomic E-state index is 11.4. The summed E-state index contributed by atoms with van der Waals surface area (Å²) in [7, 11) is 0. The van der Waals surface area contributed by atoms with Crippen molar-refractivity contribution < 1.29 is 0 Å². The second kappa shape index (κ2) is 4.23. The van der Waals surface area contributed by atoms with Gasteiger partial charge in [0, 0.05) is 17.8 Å². The number of aromatic nitrogens is 1. The van der Waals surface area contributed by atoms with Gasteiger partial charge in [-0.2, -0.15) is 0 Å². The molecule has 3 heteroatoms. The lowest BCUT2D eigenvalue weighted by molar-refractivity contribution is 0.702. The highest BCUT2D eigenvalue weighted by Gasteiger charge is 2.04. The van der Waals surface area contributed by atoms with Crippen LogP contribution in [0.2, 0.25) is 0 Å². The number of hydrogen-bond donors (Lipinski definition) is 2. The molecule has 0 saturated carbocycles. The van der Waals surface area contributed by atoms with Crippen LogP contribution >= 0.6 is 0 Å². The van der Waals surface area contributed by atoms with Crippen molar-refractivity contribution in [3.05, 3.63) is 33.7 Å². The lowest BCUT2D eigenvalue weighted by Crippen LogP contribution is -2.17. The van der Waals surface area contributed by atoms with E-state index >= 15 is 0 Å². The maximum absolute atomic E-state index is 11.4. The minimum Gasteiger partial charge on any atom is -0.326 e. The summed E-state index contributed by atoms with van der Waals surface area (Å²) in [6.07, 6.45) is 1.03. The van der Waals surface area contributed by atoms with Gasteiger partial charge in [-0.1, -0.05) is 19.9 Å². The van der Waals surface area contributed by atoms with Crippen LogP contribution in [0.3, 0.4) is 0 Å². The van der Waals surface area contributed by atoms with Gasteiger partial charge < -0.3 is 10.7 Å². The molecule has 1 atom stereocenters. The normalized spacial score (nSPS) is 12.8. The Hall–Kier alpha value is -1.09. The molecule has 1 aromatic heterocycles. The molecule has 13 heavy (non-hydrogen) atoms. The fourth-order valence-electron chi connectivity index (χ4n) is 1.19. The summed E-state index contributed by atoms with van der Waals surface area (Å²) in [6, 6.07) is 3.75. The summed E-state index contributed by atoms with van der Waals surface area (Å²) in [5.74, 6) is 0.402. The highest BCUT2D eigenvalue weighted by Crippen LogP contribution is 2.14. The standard InChI is InChI=1S/C10H16N2O/c1-3-7(2)9-5-4-8(6-11)10(13)12-9/h4-5,7H,3,6,11H2,1-2H3,(H,12,13). The van der Waals surface area contributed by atoms with E-state index in [0.717, 1.165) is 12.1 Å². The number of pyridine rings is 1. The van der Waals surface area contributed by atoms with Gasteiger partial charge in [-0.3, -0.25) is 4.79 Å². The molecule has 0 aromatic carbocycles. The molecule has 0 saturated heterocycles. The first-order chi connectivity index (χ1) is 6.19. The first kappa shape index (κ1) is 9.99. The first-order valence-corrected chi connectivity index (χ1v) is 4.61. The Bertz CT molecular complexity index is 330. The summed E-state index contributed by atoms with van der Waals surface area (Å²) >= 11 is 0. The minimum absolute atomic E-state index is 0.0553. The number of H-pyrrole nitrogens is 1. The van der Waals surface area contributed by atoms with E-state index in [0.29, 0.717) is 18.0 Å². The number of rotatable bonds is 3. The van der Waals surface area contributed by atoms with Crippen LogP contribution in [-0.4, -0.2) is 4.98 Å². The van der Waals surface area contributed by atoms with Crippen molar-refractivity contribution in [3.63, 3.8) is 0 Å². The second-order valence-electron chi connectivity index (χ2n) is 3.28. The zero-order valence-corrected chi connectivity index (χ0v) is 8.13. The molecule has 1 aromatic rings. The molecule has 0 fully saturated rings. The highest BCUT2D eigenvalue weighted by molar-refractivity contribution is 5.16. The van der Waals surface area contributed by atoms with Crippen LogP contribution in [0.5, 0.6) is 0 Å². The van der Waals surface area contributed by atoms with Crippen LogP contribution in [0, 0.1) is 0 Å². The molecule has 0 aliphatic rings. The molecule has 0 aliphatic carbocycles. The third-order valence-corrected chi connectivity index (χ3v) is 2.38. The minimum atomic E-state index is -0.0553. The van der Waals surface area contributed by atoms with Gasteiger partial charge in [0.1, 0.15) is 0 Å². The Labute approximate surface area is 78.0 Å². The van der Waals surface area contributed by atoms with Crippen molar-refractivity contribution in [2.24, 2.45) is 5.73 Å². The second-order valence-corrected chi connectivity index (χ2v) is 3.28. The van der Waals surface area contributed by atoms with Crippen LogP contribution in [0.1, 0.15) is 37.4 Å². The molecule has 0 spiro atoms. The molecule has 1 heterocycles. The van der Waals surface area contributed by atoms with Crippen molar-refractivity contribution >= 4 is 0 Å². The molecular formula is C10H16N2O. The van der Waals surface area contributed by atoms with Gasteiger partial charge in [0.05, 0.1) is 0 Å². The van der Waals surface area contributed by atoms with Gasteiger partial charge in [-0.05, 0) is 18.4 Å². The summed E-state index contributed by atoms with van der Waals surface area (Å²) in [5, 5.41) is 0. The smallest absolute Gasteiger partial charge is 0.252 e. The van der Waals surface area contributed by atoms with Crippen molar-refractivity contribution in [1.29, 1.82) is 0 Å². The first-order valence-electron chi connectivity index (χ1n) is 4.61. The Morgan fingerprint density at radius 1 is 1.54 bits per heavy atom. The largest absolute Gasteiger partial charge is 0.326 e. The Morgan fingerprint density at radius 3 is 2.69 bits per heavy atom. The fourth-order valence-corrected chi connectivity index (χ4v) is 1.19. The van der Waals surface area contributed by atoms with Gasteiger partial charge in [0.25, 0.3) is 5.56 Å². The number of aromatic amines is 1. The summed E-state index contributed by atoms with van der Waals surface area (Å²) in [5.41, 5.74) is 6.97. The lowest BCUT2D eigenvalue weighted by Gasteiger charge is -2.08. The zero-order chi connectivity index (χ0) is 9.84. The third-order valence-electron chi connectivity index (χ3n) is 2.38. The van der Waals surface area contributed by atoms with Crippen LogP contribution in [0.25, 0.3) is 0 Å². The summed E-state index contributed by atoms with van der Waals surface area (Å²) in [4.78, 5) is 14.2. The van der Waals surface area contributed by atoms with Crippen LogP contribution in [0.4, 0.5) is 0 Å². The van der Waals surface area contributed by atoms with Gasteiger partial charge in [-0.15, -0.1) is 0 Å². The highest BCUT2D eigenvalue weighted by atomic mass is 16.1. The predicted molar refractivity (Wildman–Crippen MR) is 53.7 cm³/mol. The van der Waals surface area contributed by atoms with Crippen LogP contribution in [0.15, 0.2) is 16.9 Å². The molecule has 72 valence electrons. The van der Waals surface area contributed by atoms with E-state index in [4.69, 9.17) is 5.73 Å². The van der Waals surface area contributed by atoms with E-state index in [-0.39, 0.29) is 5.56 Å². The van der Waals surface area contributed by atoms with Crippen molar-refractivity contribution in [2.45, 2.75) is 32.7 Å². The monoisotopic (exact) mass is 180 g/mol. The molecule has 0 bridgehead atoms. The van der Waals surface area contributed by atoms with Gasteiger partial charge >= 0.3 is 0 Å². The van der Waals surface area contributed by atoms with Gasteiger partial charge in [-0.25, -0.2) is 0 Å². The van der Waals surface area contributed by atoms with Crippen LogP contribution < -0.4 is 11.3 Å². The zero-order valence-electron chi connectivity index (χ0n) is 8.13. The van der Waals surface area contributed by atoms with E-state index < -0.39 is 0 Å². The Kier molecular flexibility index (Phi) is 3.25. The van der Waals surface area contributed by atoms with Crippen molar-refractivity contribution in [2.75, 3.05) is 0 Å². The van der Waals surface area contributed by atoms with E-state index in [9.17, 15) is 4.79 Å². The number of nitrogens with one attached hydrogen (secondary N) is 1. The molecule has 0 amide bonds. The molecule has 1 rings (SSSR count).